The maximum absolute atomic E-state index is 12.2. The molecule has 1 aliphatic heterocycles. The summed E-state index contributed by atoms with van der Waals surface area (Å²) in [5, 5.41) is 4.37. The predicted octanol–water partition coefficient (Wildman–Crippen LogP) is 2.05. The van der Waals surface area contributed by atoms with Crippen LogP contribution in [0, 0.1) is 5.41 Å². The molecule has 1 heterocycles. The summed E-state index contributed by atoms with van der Waals surface area (Å²) in [4.78, 5) is 35.7. The largest absolute Gasteiger partial charge is 0.328 e. The van der Waals surface area contributed by atoms with Gasteiger partial charge in [0.15, 0.2) is 5.41 Å². The highest BCUT2D eigenvalue weighted by Gasteiger charge is 2.51. The molecule has 5 heteroatoms. The molecule has 1 fully saturated rings. The van der Waals surface area contributed by atoms with Gasteiger partial charge in [0.2, 0.25) is 11.8 Å². The molecule has 0 spiro atoms. The van der Waals surface area contributed by atoms with Crippen molar-refractivity contribution in [2.24, 2.45) is 5.41 Å². The molecule has 1 rings (SSSR count). The molecule has 0 radical (unpaired) electrons. The van der Waals surface area contributed by atoms with E-state index in [1.54, 1.807) is 0 Å². The number of nitrogens with one attached hydrogen (secondary N) is 2. The molecule has 0 aromatic heterocycles. The summed E-state index contributed by atoms with van der Waals surface area (Å²) in [6.45, 7) is 7.54. The Kier molecular flexibility index (Phi) is 5.03. The number of urea groups is 1. The Bertz CT molecular complexity index is 418. The van der Waals surface area contributed by atoms with Gasteiger partial charge in [-0.05, 0) is 24.8 Å². The maximum Gasteiger partial charge on any atom is 0.328 e. The maximum atomic E-state index is 12.2. The van der Waals surface area contributed by atoms with E-state index in [1.165, 1.54) is 6.08 Å². The Hall–Kier alpha value is -1.91. The molecule has 104 valence electrons. The molecule has 0 bridgehead atoms. The summed E-state index contributed by atoms with van der Waals surface area (Å²) in [6, 6.07) is -0.762. The first-order valence-electron chi connectivity index (χ1n) is 6.50. The van der Waals surface area contributed by atoms with E-state index in [9.17, 15) is 14.4 Å². The zero-order valence-corrected chi connectivity index (χ0v) is 11.4. The second-order valence-corrected chi connectivity index (χ2v) is 4.52. The molecule has 0 aromatic carbocycles. The monoisotopic (exact) mass is 264 g/mol. The van der Waals surface area contributed by atoms with E-state index in [0.717, 1.165) is 18.4 Å². The highest BCUT2D eigenvalue weighted by Crippen LogP contribution is 2.37. The normalized spacial score (nSPS) is 18.8. The quantitative estimate of drug-likeness (QED) is 0.569. The van der Waals surface area contributed by atoms with Crippen LogP contribution in [-0.2, 0) is 9.59 Å². The van der Waals surface area contributed by atoms with Gasteiger partial charge < -0.3 is 0 Å². The molecule has 0 saturated carbocycles. The van der Waals surface area contributed by atoms with Crippen LogP contribution in [0.3, 0.4) is 0 Å². The summed E-state index contributed by atoms with van der Waals surface area (Å²) in [5.41, 5.74) is -0.582. The molecule has 1 saturated heterocycles. The Morgan fingerprint density at radius 2 is 1.79 bits per heavy atom. The number of rotatable bonds is 6. The van der Waals surface area contributed by atoms with Crippen molar-refractivity contribution in [3.8, 4) is 0 Å². The van der Waals surface area contributed by atoms with E-state index in [0.29, 0.717) is 6.42 Å². The lowest BCUT2D eigenvalue weighted by Gasteiger charge is -2.35. The number of barbiturate groups is 1. The highest BCUT2D eigenvalue weighted by molar-refractivity contribution is 6.21. The summed E-state index contributed by atoms with van der Waals surface area (Å²) in [5.74, 6) is -1.12. The van der Waals surface area contributed by atoms with Crippen LogP contribution in [0.5, 0.6) is 0 Å². The second kappa shape index (κ2) is 6.31. The molecular weight excluding hydrogens is 244 g/mol. The fourth-order valence-corrected chi connectivity index (χ4v) is 2.38. The standard InChI is InChI=1S/C14H20N2O3/c1-4-7-10(8-5-2)14(9-6-3)11(17)15-13(19)16-12(14)18/h6-7H,3-5,8-9H2,1-2H3,(H2,15,16,17,18,19)/b10-7+. The number of imide groups is 2. The van der Waals surface area contributed by atoms with E-state index >= 15 is 0 Å². The van der Waals surface area contributed by atoms with Crippen molar-refractivity contribution in [3.05, 3.63) is 24.3 Å². The van der Waals surface area contributed by atoms with Gasteiger partial charge >= 0.3 is 6.03 Å². The van der Waals surface area contributed by atoms with Crippen molar-refractivity contribution < 1.29 is 14.4 Å². The number of hydrogen-bond donors (Lipinski definition) is 2. The van der Waals surface area contributed by atoms with Crippen LogP contribution in [0.2, 0.25) is 0 Å². The van der Waals surface area contributed by atoms with E-state index < -0.39 is 23.3 Å². The Labute approximate surface area is 113 Å². The molecule has 19 heavy (non-hydrogen) atoms. The first-order chi connectivity index (χ1) is 9.02. The molecule has 0 aliphatic carbocycles. The van der Waals surface area contributed by atoms with Gasteiger partial charge in [-0.15, -0.1) is 6.58 Å². The molecule has 0 aromatic rings. The van der Waals surface area contributed by atoms with Crippen molar-refractivity contribution >= 4 is 17.8 Å². The van der Waals surface area contributed by atoms with Gasteiger partial charge in [0.05, 0.1) is 0 Å². The molecule has 2 N–H and O–H groups in total. The zero-order valence-electron chi connectivity index (χ0n) is 11.4. The number of hydrogen-bond acceptors (Lipinski definition) is 3. The van der Waals surface area contributed by atoms with Crippen LogP contribution in [0.4, 0.5) is 4.79 Å². The fourth-order valence-electron chi connectivity index (χ4n) is 2.38. The Balaban J connectivity index is 3.31. The van der Waals surface area contributed by atoms with Gasteiger partial charge in [0.1, 0.15) is 0 Å². The van der Waals surface area contributed by atoms with Gasteiger partial charge in [-0.1, -0.05) is 32.4 Å². The summed E-state index contributed by atoms with van der Waals surface area (Å²) in [6.07, 6.45) is 5.79. The Morgan fingerprint density at radius 1 is 1.21 bits per heavy atom. The fraction of sp³-hybridized carbons (Fsp3) is 0.500. The van der Waals surface area contributed by atoms with Gasteiger partial charge in [0, 0.05) is 0 Å². The SMILES string of the molecule is C=CCC1(/C(=C/CC)CCC)C(=O)NC(=O)NC1=O. The van der Waals surface area contributed by atoms with Crippen LogP contribution >= 0.6 is 0 Å². The van der Waals surface area contributed by atoms with Crippen LogP contribution in [0.25, 0.3) is 0 Å². The summed E-state index contributed by atoms with van der Waals surface area (Å²) in [7, 11) is 0. The van der Waals surface area contributed by atoms with Crippen LogP contribution in [-0.4, -0.2) is 17.8 Å². The predicted molar refractivity (Wildman–Crippen MR) is 72.2 cm³/mol. The summed E-state index contributed by atoms with van der Waals surface area (Å²) >= 11 is 0. The third-order valence-electron chi connectivity index (χ3n) is 3.20. The minimum atomic E-state index is -1.33. The van der Waals surface area contributed by atoms with Crippen LogP contribution in [0.15, 0.2) is 24.3 Å². The minimum absolute atomic E-state index is 0.184. The molecule has 0 atom stereocenters. The topological polar surface area (TPSA) is 75.3 Å². The smallest absolute Gasteiger partial charge is 0.277 e. The van der Waals surface area contributed by atoms with Crippen molar-refractivity contribution in [3.63, 3.8) is 0 Å². The number of allylic oxidation sites excluding steroid dienone is 2. The van der Waals surface area contributed by atoms with Crippen molar-refractivity contribution in [1.82, 2.24) is 10.6 Å². The zero-order chi connectivity index (χ0) is 14.5. The van der Waals surface area contributed by atoms with Gasteiger partial charge in [0.25, 0.3) is 0 Å². The van der Waals surface area contributed by atoms with Gasteiger partial charge in [-0.25, -0.2) is 4.79 Å². The molecule has 0 unspecified atom stereocenters. The average molecular weight is 264 g/mol. The van der Waals surface area contributed by atoms with Gasteiger partial charge in [-0.3, -0.25) is 20.2 Å². The third-order valence-corrected chi connectivity index (χ3v) is 3.20. The number of amides is 4. The summed E-state index contributed by atoms with van der Waals surface area (Å²) < 4.78 is 0. The first-order valence-corrected chi connectivity index (χ1v) is 6.50. The highest BCUT2D eigenvalue weighted by atomic mass is 16.2. The molecule has 4 amide bonds. The van der Waals surface area contributed by atoms with Crippen molar-refractivity contribution in [1.29, 1.82) is 0 Å². The van der Waals surface area contributed by atoms with E-state index in [-0.39, 0.29) is 6.42 Å². The van der Waals surface area contributed by atoms with Crippen molar-refractivity contribution in [2.45, 2.75) is 39.5 Å². The lowest BCUT2D eigenvalue weighted by Crippen LogP contribution is -2.63. The van der Waals surface area contributed by atoms with Crippen LogP contribution in [0.1, 0.15) is 39.5 Å². The van der Waals surface area contributed by atoms with E-state index in [1.807, 2.05) is 19.9 Å². The third kappa shape index (κ3) is 2.75. The first kappa shape index (κ1) is 15.1. The van der Waals surface area contributed by atoms with E-state index in [2.05, 4.69) is 17.2 Å². The lowest BCUT2D eigenvalue weighted by molar-refractivity contribution is -0.141. The van der Waals surface area contributed by atoms with Crippen molar-refractivity contribution in [2.75, 3.05) is 0 Å². The second-order valence-electron chi connectivity index (χ2n) is 4.52. The Morgan fingerprint density at radius 3 is 2.21 bits per heavy atom. The van der Waals surface area contributed by atoms with Gasteiger partial charge in [-0.2, -0.15) is 0 Å². The molecule has 5 nitrogen and oxygen atoms in total. The minimum Gasteiger partial charge on any atom is -0.277 e. The van der Waals surface area contributed by atoms with E-state index in [4.69, 9.17) is 0 Å². The number of carbonyl (C=O) groups is 3. The molecule has 1 aliphatic rings. The lowest BCUT2D eigenvalue weighted by atomic mass is 9.72. The molecular formula is C14H20N2O3. The number of carbonyl (C=O) groups excluding carboxylic acids is 3. The van der Waals surface area contributed by atoms with Crippen LogP contribution < -0.4 is 10.6 Å². The average Bonchev–Trinajstić information content (AvgIpc) is 2.33.